The molecule has 140 valence electrons. The summed E-state index contributed by atoms with van der Waals surface area (Å²) in [4.78, 5) is 4.52. The molecule has 3 heteroatoms. The maximum absolute atomic E-state index is 4.52. The van der Waals surface area contributed by atoms with Gasteiger partial charge in [-0.2, -0.15) is 0 Å². The zero-order valence-electron chi connectivity index (χ0n) is 18.3. The molecule has 0 fully saturated rings. The summed E-state index contributed by atoms with van der Waals surface area (Å²) < 4.78 is 2.14. The van der Waals surface area contributed by atoms with Gasteiger partial charge in [0, 0.05) is 44.6 Å². The van der Waals surface area contributed by atoms with Crippen LogP contribution >= 0.6 is 0 Å². The van der Waals surface area contributed by atoms with Gasteiger partial charge in [0.15, 0.2) is 0 Å². The third-order valence-electron chi connectivity index (χ3n) is 2.86. The monoisotopic (exact) mass is 496 g/mol. The molecule has 0 spiro atoms. The first-order valence-electron chi connectivity index (χ1n) is 9.08. The van der Waals surface area contributed by atoms with Gasteiger partial charge in [-0.3, -0.25) is 0 Å². The van der Waals surface area contributed by atoms with Crippen molar-refractivity contribution in [3.8, 4) is 0 Å². The molecular weight excluding hydrogens is 452 g/mol. The van der Waals surface area contributed by atoms with E-state index >= 15 is 0 Å². The second kappa shape index (κ2) is 15.4. The normalized spacial score (nSPS) is 9.96. The molecular formula is C20H44N2W. The molecule has 2 nitrogen and oxygen atoms in total. The predicted molar refractivity (Wildman–Crippen MR) is 104 cm³/mol. The molecule has 0 radical (unpaired) electrons. The Labute approximate surface area is 162 Å². The van der Waals surface area contributed by atoms with Gasteiger partial charge in [0.05, 0.1) is 12.0 Å². The summed E-state index contributed by atoms with van der Waals surface area (Å²) in [5, 5.41) is 0. The Bertz CT molecular complexity index is 353. The Kier molecular flexibility index (Phi) is 20.6. The van der Waals surface area contributed by atoms with Gasteiger partial charge in [0.25, 0.3) is 0 Å². The second-order valence-electron chi connectivity index (χ2n) is 7.05. The van der Waals surface area contributed by atoms with Crippen molar-refractivity contribution in [2.24, 2.45) is 7.05 Å². The van der Waals surface area contributed by atoms with Crippen molar-refractivity contribution < 1.29 is 21.1 Å². The third kappa shape index (κ3) is 12.9. The van der Waals surface area contributed by atoms with Crippen molar-refractivity contribution in [2.75, 3.05) is 0 Å². The number of aromatic nitrogens is 2. The quantitative estimate of drug-likeness (QED) is 0.415. The summed E-state index contributed by atoms with van der Waals surface area (Å²) in [6, 6.07) is 0. The van der Waals surface area contributed by atoms with Crippen LogP contribution in [0, 0.1) is 0 Å². The Morgan fingerprint density at radius 1 is 0.826 bits per heavy atom. The summed E-state index contributed by atoms with van der Waals surface area (Å²) in [5.74, 6) is 0. The van der Waals surface area contributed by atoms with E-state index in [0.717, 1.165) is 0 Å². The minimum absolute atomic E-state index is 0. The zero-order valence-corrected chi connectivity index (χ0v) is 21.2. The molecule has 0 amide bonds. The molecule has 0 N–H and O–H groups in total. The molecule has 0 aliphatic carbocycles. The minimum Gasteiger partial charge on any atom is -0.337 e. The van der Waals surface area contributed by atoms with E-state index in [2.05, 4.69) is 72.0 Å². The fourth-order valence-electron chi connectivity index (χ4n) is 1.86. The van der Waals surface area contributed by atoms with E-state index in [4.69, 9.17) is 0 Å². The minimum atomic E-state index is 0. The summed E-state index contributed by atoms with van der Waals surface area (Å²) >= 11 is 0. The molecule has 23 heavy (non-hydrogen) atoms. The zero-order chi connectivity index (χ0) is 18.6. The number of nitrogens with zero attached hydrogens (tertiary/aromatic N) is 2. The molecule has 1 rings (SSSR count). The Balaban J connectivity index is -0.000000172. The molecule has 0 bridgehead atoms. The fourth-order valence-corrected chi connectivity index (χ4v) is 1.86. The topological polar surface area (TPSA) is 17.8 Å². The number of unbranched alkanes of at least 4 members (excludes halogenated alkanes) is 1. The number of imidazole rings is 1. The third-order valence-corrected chi connectivity index (χ3v) is 2.86. The van der Waals surface area contributed by atoms with Crippen molar-refractivity contribution >= 4 is 0 Å². The van der Waals surface area contributed by atoms with Crippen molar-refractivity contribution in [2.45, 2.75) is 107 Å². The Morgan fingerprint density at radius 2 is 1.17 bits per heavy atom. The first kappa shape index (κ1) is 30.7. The average Bonchev–Trinajstić information content (AvgIpc) is 2.85. The number of hydrogen-bond acceptors (Lipinski definition) is 1. The smallest absolute Gasteiger partial charge is 0.0949 e. The van der Waals surface area contributed by atoms with E-state index < -0.39 is 0 Å². The maximum Gasteiger partial charge on any atom is 0.0949 e. The van der Waals surface area contributed by atoms with Gasteiger partial charge in [-0.25, -0.2) is 4.98 Å². The van der Waals surface area contributed by atoms with Crippen molar-refractivity contribution in [1.29, 1.82) is 0 Å². The maximum atomic E-state index is 4.52. The summed E-state index contributed by atoms with van der Waals surface area (Å²) in [7, 11) is 2.07. The fraction of sp³-hybridized carbons (Fsp3) is 0.850. The van der Waals surface area contributed by atoms with Crippen molar-refractivity contribution in [3.05, 3.63) is 17.7 Å². The average molecular weight is 496 g/mol. The number of aryl methyl sites for hydroxylation is 1. The Morgan fingerprint density at radius 3 is 1.35 bits per heavy atom. The van der Waals surface area contributed by atoms with Crippen LogP contribution in [0.25, 0.3) is 0 Å². The van der Waals surface area contributed by atoms with Crippen LogP contribution in [0.2, 0.25) is 0 Å². The van der Waals surface area contributed by atoms with Crippen LogP contribution < -0.4 is 0 Å². The van der Waals surface area contributed by atoms with Gasteiger partial charge < -0.3 is 4.57 Å². The summed E-state index contributed by atoms with van der Waals surface area (Å²) in [6.45, 7) is 25.7. The molecule has 0 saturated carbocycles. The van der Waals surface area contributed by atoms with Crippen LogP contribution in [-0.2, 0) is 38.9 Å². The van der Waals surface area contributed by atoms with Gasteiger partial charge >= 0.3 is 0 Å². The molecule has 1 heterocycles. The van der Waals surface area contributed by atoms with E-state index in [1.807, 2.05) is 34.0 Å². The van der Waals surface area contributed by atoms with Crippen LogP contribution in [0.1, 0.15) is 107 Å². The van der Waals surface area contributed by atoms with E-state index in [0.29, 0.717) is 0 Å². The predicted octanol–water partition coefficient (Wildman–Crippen LogP) is 6.87. The summed E-state index contributed by atoms with van der Waals surface area (Å²) in [6.07, 6.45) is 4.56. The molecule has 0 aromatic carbocycles. The van der Waals surface area contributed by atoms with Gasteiger partial charge in [-0.05, 0) is 0 Å². The SMILES string of the molecule is CC.CC.CCCC.Cn1cnc(C(C)(C)C)c1C(C)(C)C.[W]. The van der Waals surface area contributed by atoms with Gasteiger partial charge in [-0.1, -0.05) is 95.9 Å². The number of rotatable bonds is 1. The first-order valence-corrected chi connectivity index (χ1v) is 9.08. The van der Waals surface area contributed by atoms with Crippen LogP contribution in [0.15, 0.2) is 6.33 Å². The van der Waals surface area contributed by atoms with E-state index in [1.165, 1.54) is 24.2 Å². The van der Waals surface area contributed by atoms with Crippen molar-refractivity contribution in [1.82, 2.24) is 9.55 Å². The van der Waals surface area contributed by atoms with Gasteiger partial charge in [-0.15, -0.1) is 0 Å². The van der Waals surface area contributed by atoms with E-state index in [-0.39, 0.29) is 31.9 Å². The van der Waals surface area contributed by atoms with E-state index in [1.54, 1.807) is 0 Å². The van der Waals surface area contributed by atoms with Gasteiger partial charge in [0.2, 0.25) is 0 Å². The Hall–Kier alpha value is -0.102. The first-order chi connectivity index (χ1) is 10.1. The molecule has 1 aromatic heterocycles. The van der Waals surface area contributed by atoms with Crippen LogP contribution in [0.4, 0.5) is 0 Å². The van der Waals surface area contributed by atoms with Crippen LogP contribution in [0.5, 0.6) is 0 Å². The second-order valence-corrected chi connectivity index (χ2v) is 7.05. The van der Waals surface area contributed by atoms with Crippen molar-refractivity contribution in [3.63, 3.8) is 0 Å². The summed E-state index contributed by atoms with van der Waals surface area (Å²) in [5.41, 5.74) is 2.84. The number of hydrogen-bond donors (Lipinski definition) is 0. The standard InChI is InChI=1S/C12H22N2.C4H10.2C2H6.W/c1-11(2,3)9-10(12(4,5)6)14(7)8-13-9;1-3-4-2;2*1-2;/h8H,1-7H3;3-4H2,1-2H3;2*1-2H3;. The largest absolute Gasteiger partial charge is 0.337 e. The van der Waals surface area contributed by atoms with Gasteiger partial charge in [0.1, 0.15) is 0 Å². The molecule has 0 unspecified atom stereocenters. The molecule has 0 aliphatic heterocycles. The molecule has 0 saturated heterocycles. The van der Waals surface area contributed by atoms with E-state index in [9.17, 15) is 0 Å². The molecule has 1 aromatic rings. The molecule has 0 atom stereocenters. The van der Waals surface area contributed by atoms with Crippen LogP contribution in [0.3, 0.4) is 0 Å². The molecule has 0 aliphatic rings. The van der Waals surface area contributed by atoms with Crippen LogP contribution in [-0.4, -0.2) is 9.55 Å².